The summed E-state index contributed by atoms with van der Waals surface area (Å²) in [7, 11) is -3.70. The Balaban J connectivity index is 2.50. The zero-order chi connectivity index (χ0) is 15.5. The summed E-state index contributed by atoms with van der Waals surface area (Å²) in [5.41, 5.74) is 0.563. The summed E-state index contributed by atoms with van der Waals surface area (Å²) in [5, 5.41) is 9.08. The van der Waals surface area contributed by atoms with E-state index in [2.05, 4.69) is 4.72 Å². The maximum absolute atomic E-state index is 12.3. The largest absolute Gasteiger partial charge is 0.478 e. The van der Waals surface area contributed by atoms with Gasteiger partial charge in [0.25, 0.3) is 0 Å². The van der Waals surface area contributed by atoms with E-state index in [1.165, 1.54) is 12.1 Å². The van der Waals surface area contributed by atoms with Crippen molar-refractivity contribution in [1.29, 1.82) is 0 Å². The van der Waals surface area contributed by atoms with E-state index >= 15 is 0 Å². The number of hydrogen-bond donors (Lipinski definition) is 2. The number of aromatic carboxylic acids is 1. The van der Waals surface area contributed by atoms with Gasteiger partial charge in [-0.05, 0) is 37.5 Å². The monoisotopic (exact) mass is 312 g/mol. The smallest absolute Gasteiger partial charge is 0.335 e. The average Bonchev–Trinajstić information content (AvgIpc) is 2.47. The fourth-order valence-corrected chi connectivity index (χ4v) is 3.82. The molecule has 0 saturated carbocycles. The van der Waals surface area contributed by atoms with Gasteiger partial charge in [0, 0.05) is 19.6 Å². The van der Waals surface area contributed by atoms with Gasteiger partial charge in [-0.1, -0.05) is 6.92 Å². The van der Waals surface area contributed by atoms with Crippen molar-refractivity contribution in [1.82, 2.24) is 4.72 Å². The first-order chi connectivity index (χ1) is 9.95. The maximum Gasteiger partial charge on any atom is 0.335 e. The molecule has 1 saturated heterocycles. The molecule has 21 heavy (non-hydrogen) atoms. The van der Waals surface area contributed by atoms with Crippen molar-refractivity contribution in [2.75, 3.05) is 24.5 Å². The number of nitrogens with one attached hydrogen (secondary N) is 1. The number of piperidine rings is 1. The molecule has 2 rings (SSSR count). The molecule has 116 valence electrons. The van der Waals surface area contributed by atoms with E-state index in [1.54, 1.807) is 13.0 Å². The number of benzene rings is 1. The molecule has 0 unspecified atom stereocenters. The van der Waals surface area contributed by atoms with E-state index in [1.807, 2.05) is 4.90 Å². The fraction of sp³-hybridized carbons (Fsp3) is 0.500. The third-order valence-corrected chi connectivity index (χ3v) is 5.10. The van der Waals surface area contributed by atoms with Gasteiger partial charge in [0.2, 0.25) is 10.0 Å². The summed E-state index contributed by atoms with van der Waals surface area (Å²) < 4.78 is 27.1. The van der Waals surface area contributed by atoms with Crippen molar-refractivity contribution in [3.8, 4) is 0 Å². The normalized spacial score (nSPS) is 16.0. The molecule has 1 aromatic carbocycles. The number of sulfonamides is 1. The van der Waals surface area contributed by atoms with Gasteiger partial charge in [0.15, 0.2) is 0 Å². The van der Waals surface area contributed by atoms with Gasteiger partial charge in [-0.3, -0.25) is 0 Å². The maximum atomic E-state index is 12.3. The van der Waals surface area contributed by atoms with E-state index in [-0.39, 0.29) is 17.0 Å². The van der Waals surface area contributed by atoms with Gasteiger partial charge in [0.05, 0.1) is 11.3 Å². The SMILES string of the molecule is CCNS(=O)(=O)c1cc(C(=O)O)ccc1N1CCCCC1. The Morgan fingerprint density at radius 2 is 1.95 bits per heavy atom. The van der Waals surface area contributed by atoms with Crippen LogP contribution in [0.1, 0.15) is 36.5 Å². The lowest BCUT2D eigenvalue weighted by Gasteiger charge is -2.30. The Bertz CT molecular complexity index is 622. The highest BCUT2D eigenvalue weighted by molar-refractivity contribution is 7.89. The van der Waals surface area contributed by atoms with Crippen LogP contribution in [0, 0.1) is 0 Å². The van der Waals surface area contributed by atoms with E-state index in [9.17, 15) is 13.2 Å². The van der Waals surface area contributed by atoms with Gasteiger partial charge in [-0.15, -0.1) is 0 Å². The number of carboxylic acids is 1. The summed E-state index contributed by atoms with van der Waals surface area (Å²) in [6, 6.07) is 4.29. The summed E-state index contributed by atoms with van der Waals surface area (Å²) in [4.78, 5) is 13.2. The number of hydrogen-bond acceptors (Lipinski definition) is 4. The third kappa shape index (κ3) is 3.54. The molecule has 0 aromatic heterocycles. The van der Waals surface area contributed by atoms with Crippen molar-refractivity contribution in [2.24, 2.45) is 0 Å². The van der Waals surface area contributed by atoms with Gasteiger partial charge in [0.1, 0.15) is 4.90 Å². The van der Waals surface area contributed by atoms with Crippen molar-refractivity contribution in [3.63, 3.8) is 0 Å². The van der Waals surface area contributed by atoms with Gasteiger partial charge in [-0.2, -0.15) is 0 Å². The lowest BCUT2D eigenvalue weighted by Crippen LogP contribution is -2.32. The molecule has 0 amide bonds. The summed E-state index contributed by atoms with van der Waals surface area (Å²) >= 11 is 0. The van der Waals surface area contributed by atoms with E-state index in [0.29, 0.717) is 5.69 Å². The second kappa shape index (κ2) is 6.44. The molecule has 1 aliphatic rings. The topological polar surface area (TPSA) is 86.7 Å². The minimum Gasteiger partial charge on any atom is -0.478 e. The second-order valence-electron chi connectivity index (χ2n) is 5.04. The molecule has 0 atom stereocenters. The van der Waals surface area contributed by atoms with E-state index < -0.39 is 16.0 Å². The molecular formula is C14H20N2O4S. The van der Waals surface area contributed by atoms with Crippen LogP contribution in [0.15, 0.2) is 23.1 Å². The highest BCUT2D eigenvalue weighted by Gasteiger charge is 2.24. The first-order valence-electron chi connectivity index (χ1n) is 7.07. The lowest BCUT2D eigenvalue weighted by molar-refractivity contribution is 0.0696. The molecule has 0 aliphatic carbocycles. The number of nitrogens with zero attached hydrogens (tertiary/aromatic N) is 1. The average molecular weight is 312 g/mol. The Morgan fingerprint density at radius 1 is 1.29 bits per heavy atom. The van der Waals surface area contributed by atoms with Gasteiger partial charge >= 0.3 is 5.97 Å². The van der Waals surface area contributed by atoms with E-state index in [4.69, 9.17) is 5.11 Å². The van der Waals surface area contributed by atoms with Crippen molar-refractivity contribution < 1.29 is 18.3 Å². The predicted molar refractivity (Wildman–Crippen MR) is 80.3 cm³/mol. The third-order valence-electron chi connectivity index (χ3n) is 3.53. The van der Waals surface area contributed by atoms with E-state index in [0.717, 1.165) is 32.4 Å². The lowest BCUT2D eigenvalue weighted by atomic mass is 10.1. The number of anilines is 1. The van der Waals surface area contributed by atoms with Gasteiger partial charge < -0.3 is 10.0 Å². The number of carboxylic acid groups (broad SMARTS) is 1. The van der Waals surface area contributed by atoms with Crippen molar-refractivity contribution in [2.45, 2.75) is 31.1 Å². The zero-order valence-electron chi connectivity index (χ0n) is 12.0. The Morgan fingerprint density at radius 3 is 2.52 bits per heavy atom. The quantitative estimate of drug-likeness (QED) is 0.863. The highest BCUT2D eigenvalue weighted by atomic mass is 32.2. The Labute approximate surface area is 124 Å². The van der Waals surface area contributed by atoms with Crippen LogP contribution in [0.25, 0.3) is 0 Å². The molecule has 0 bridgehead atoms. The van der Waals surface area contributed by atoms with Crippen molar-refractivity contribution >= 4 is 21.7 Å². The molecule has 0 radical (unpaired) electrons. The molecule has 1 aromatic rings. The fourth-order valence-electron chi connectivity index (χ4n) is 2.53. The Kier molecular flexibility index (Phi) is 4.84. The highest BCUT2D eigenvalue weighted by Crippen LogP contribution is 2.29. The molecule has 2 N–H and O–H groups in total. The minimum absolute atomic E-state index is 0.0211. The zero-order valence-corrected chi connectivity index (χ0v) is 12.8. The minimum atomic E-state index is -3.70. The summed E-state index contributed by atoms with van der Waals surface area (Å²) in [6.45, 7) is 3.54. The predicted octanol–water partition coefficient (Wildman–Crippen LogP) is 1.67. The molecule has 7 heteroatoms. The van der Waals surface area contributed by atoms with Gasteiger partial charge in [-0.25, -0.2) is 17.9 Å². The molecule has 6 nitrogen and oxygen atoms in total. The molecule has 1 aliphatic heterocycles. The number of rotatable bonds is 5. The van der Waals surface area contributed by atoms with Crippen LogP contribution < -0.4 is 9.62 Å². The van der Waals surface area contributed by atoms with Crippen LogP contribution in [0.5, 0.6) is 0 Å². The molecule has 1 heterocycles. The second-order valence-corrected chi connectivity index (χ2v) is 6.77. The summed E-state index contributed by atoms with van der Waals surface area (Å²) in [6.07, 6.45) is 3.17. The van der Waals surface area contributed by atoms with Crippen LogP contribution in [0.4, 0.5) is 5.69 Å². The first-order valence-corrected chi connectivity index (χ1v) is 8.56. The number of carbonyl (C=O) groups is 1. The van der Waals surface area contributed by atoms with Crippen LogP contribution in [0.2, 0.25) is 0 Å². The van der Waals surface area contributed by atoms with Crippen LogP contribution >= 0.6 is 0 Å². The van der Waals surface area contributed by atoms with Crippen molar-refractivity contribution in [3.05, 3.63) is 23.8 Å². The van der Waals surface area contributed by atoms with Crippen LogP contribution in [-0.4, -0.2) is 39.1 Å². The summed E-state index contributed by atoms with van der Waals surface area (Å²) in [5.74, 6) is -1.13. The molecule has 0 spiro atoms. The first kappa shape index (κ1) is 15.8. The Hall–Kier alpha value is -1.60. The van der Waals surface area contributed by atoms with Crippen LogP contribution in [0.3, 0.4) is 0 Å². The standard InChI is InChI=1S/C14H20N2O4S/c1-2-15-21(19,20)13-10-11(14(17)18)6-7-12(13)16-8-4-3-5-9-16/h6-7,10,15H,2-5,8-9H2,1H3,(H,17,18). The van der Waals surface area contributed by atoms with Crippen LogP contribution in [-0.2, 0) is 10.0 Å². The molecular weight excluding hydrogens is 292 g/mol. The molecule has 1 fully saturated rings.